The van der Waals surface area contributed by atoms with Gasteiger partial charge in [-0.05, 0) is 35.2 Å². The average molecular weight is 342 g/mol. The van der Waals surface area contributed by atoms with Crippen molar-refractivity contribution in [2.45, 2.75) is 31.1 Å². The normalized spacial score (nSPS) is 11.0. The zero-order chi connectivity index (χ0) is 17.6. The maximum absolute atomic E-state index is 11.8. The maximum atomic E-state index is 11.8. The average Bonchev–Trinajstić information content (AvgIpc) is 2.58. The first-order chi connectivity index (χ1) is 11.4. The first-order valence-electron chi connectivity index (χ1n) is 7.74. The number of carbonyl (C=O) groups is 2. The van der Waals surface area contributed by atoms with Gasteiger partial charge in [-0.1, -0.05) is 51.1 Å². The second-order valence-corrected chi connectivity index (χ2v) is 7.48. The molecule has 2 rings (SSSR count). The zero-order valence-corrected chi connectivity index (χ0v) is 14.9. The second kappa shape index (κ2) is 8.02. The van der Waals surface area contributed by atoms with Crippen molar-refractivity contribution < 1.29 is 9.59 Å². The topological polar surface area (TPSA) is 58.2 Å². The molecule has 24 heavy (non-hydrogen) atoms. The van der Waals surface area contributed by atoms with Gasteiger partial charge in [0.2, 0.25) is 5.91 Å². The van der Waals surface area contributed by atoms with Gasteiger partial charge in [0.1, 0.15) is 0 Å². The van der Waals surface area contributed by atoms with E-state index in [1.54, 1.807) is 24.3 Å². The lowest BCUT2D eigenvalue weighted by molar-refractivity contribution is -0.119. The third-order valence-electron chi connectivity index (χ3n) is 3.44. The Labute approximate surface area is 147 Å². The molecule has 0 spiro atoms. The summed E-state index contributed by atoms with van der Waals surface area (Å²) in [6.45, 7) is 6.49. The standard InChI is InChI=1S/C19H22N2O2S/c1-19(2,3)15-9-11-16(12-10-15)24-13-17(22)20-21-18(23)14-7-5-4-6-8-14/h4-12H,13H2,1-3H3,(H,20,22)(H,21,23). The summed E-state index contributed by atoms with van der Waals surface area (Å²) in [5.74, 6) is -0.336. The molecule has 0 saturated heterocycles. The summed E-state index contributed by atoms with van der Waals surface area (Å²) in [6.07, 6.45) is 0. The van der Waals surface area contributed by atoms with E-state index in [2.05, 4.69) is 43.8 Å². The summed E-state index contributed by atoms with van der Waals surface area (Å²) in [5.41, 5.74) is 6.71. The van der Waals surface area contributed by atoms with Gasteiger partial charge in [0.15, 0.2) is 0 Å². The fraction of sp³-hybridized carbons (Fsp3) is 0.263. The van der Waals surface area contributed by atoms with Crippen molar-refractivity contribution in [3.05, 3.63) is 65.7 Å². The van der Waals surface area contributed by atoms with Crippen LogP contribution in [0, 0.1) is 0 Å². The van der Waals surface area contributed by atoms with Gasteiger partial charge in [-0.15, -0.1) is 11.8 Å². The van der Waals surface area contributed by atoms with Crippen LogP contribution in [0.1, 0.15) is 36.7 Å². The van der Waals surface area contributed by atoms with E-state index in [1.165, 1.54) is 17.3 Å². The van der Waals surface area contributed by atoms with Crippen molar-refractivity contribution in [1.82, 2.24) is 10.9 Å². The highest BCUT2D eigenvalue weighted by molar-refractivity contribution is 8.00. The van der Waals surface area contributed by atoms with Crippen LogP contribution in [-0.4, -0.2) is 17.6 Å². The lowest BCUT2D eigenvalue weighted by Crippen LogP contribution is -2.42. The van der Waals surface area contributed by atoms with Crippen LogP contribution in [0.5, 0.6) is 0 Å². The molecule has 0 aromatic heterocycles. The highest BCUT2D eigenvalue weighted by Gasteiger charge is 2.13. The van der Waals surface area contributed by atoms with E-state index < -0.39 is 0 Å². The minimum Gasteiger partial charge on any atom is -0.272 e. The number of benzene rings is 2. The number of hydrazine groups is 1. The summed E-state index contributed by atoms with van der Waals surface area (Å²) >= 11 is 1.43. The molecule has 0 unspecified atom stereocenters. The van der Waals surface area contributed by atoms with E-state index in [9.17, 15) is 9.59 Å². The number of thioether (sulfide) groups is 1. The molecule has 0 aliphatic rings. The molecule has 2 N–H and O–H groups in total. The van der Waals surface area contributed by atoms with Crippen molar-refractivity contribution in [2.24, 2.45) is 0 Å². The van der Waals surface area contributed by atoms with E-state index in [0.29, 0.717) is 5.56 Å². The molecule has 126 valence electrons. The van der Waals surface area contributed by atoms with Crippen molar-refractivity contribution in [1.29, 1.82) is 0 Å². The van der Waals surface area contributed by atoms with Gasteiger partial charge in [-0.3, -0.25) is 20.4 Å². The van der Waals surface area contributed by atoms with Crippen molar-refractivity contribution >= 4 is 23.6 Å². The Bertz CT molecular complexity index is 692. The molecule has 0 bridgehead atoms. The van der Waals surface area contributed by atoms with Crippen molar-refractivity contribution in [3.63, 3.8) is 0 Å². The van der Waals surface area contributed by atoms with Crippen LogP contribution < -0.4 is 10.9 Å². The van der Waals surface area contributed by atoms with E-state index in [0.717, 1.165) is 4.90 Å². The summed E-state index contributed by atoms with van der Waals surface area (Å²) in [6, 6.07) is 16.9. The molecule has 0 saturated carbocycles. The molecule has 2 aromatic rings. The van der Waals surface area contributed by atoms with Gasteiger partial charge < -0.3 is 0 Å². The fourth-order valence-corrected chi connectivity index (χ4v) is 2.72. The van der Waals surface area contributed by atoms with Crippen molar-refractivity contribution in [3.8, 4) is 0 Å². The van der Waals surface area contributed by atoms with Gasteiger partial charge >= 0.3 is 0 Å². The number of rotatable bonds is 4. The third kappa shape index (κ3) is 5.42. The molecule has 4 nitrogen and oxygen atoms in total. The molecule has 0 fully saturated rings. The van der Waals surface area contributed by atoms with Crippen LogP contribution in [0.2, 0.25) is 0 Å². The van der Waals surface area contributed by atoms with Crippen LogP contribution >= 0.6 is 11.8 Å². The second-order valence-electron chi connectivity index (χ2n) is 6.43. The minimum atomic E-state index is -0.330. The molecule has 0 heterocycles. The number of nitrogens with one attached hydrogen (secondary N) is 2. The van der Waals surface area contributed by atoms with Crippen LogP contribution in [0.4, 0.5) is 0 Å². The number of carbonyl (C=O) groups excluding carboxylic acids is 2. The number of hydrogen-bond donors (Lipinski definition) is 2. The van der Waals surface area contributed by atoms with E-state index >= 15 is 0 Å². The van der Waals surface area contributed by atoms with Gasteiger partial charge in [-0.25, -0.2) is 0 Å². The van der Waals surface area contributed by atoms with Crippen molar-refractivity contribution in [2.75, 3.05) is 5.75 Å². The Balaban J connectivity index is 1.78. The molecule has 0 aliphatic heterocycles. The zero-order valence-electron chi connectivity index (χ0n) is 14.1. The van der Waals surface area contributed by atoms with Gasteiger partial charge in [-0.2, -0.15) is 0 Å². The first-order valence-corrected chi connectivity index (χ1v) is 8.72. The molecular formula is C19H22N2O2S. The first kappa shape index (κ1) is 18.1. The maximum Gasteiger partial charge on any atom is 0.269 e. The van der Waals surface area contributed by atoms with Crippen LogP contribution in [0.3, 0.4) is 0 Å². The van der Waals surface area contributed by atoms with E-state index in [-0.39, 0.29) is 23.0 Å². The Morgan fingerprint density at radius 1 is 0.917 bits per heavy atom. The Morgan fingerprint density at radius 2 is 1.54 bits per heavy atom. The predicted octanol–water partition coefficient (Wildman–Crippen LogP) is 3.54. The third-order valence-corrected chi connectivity index (χ3v) is 4.45. The molecule has 0 aliphatic carbocycles. The summed E-state index contributed by atoms with van der Waals surface area (Å²) < 4.78 is 0. The Hall–Kier alpha value is -2.27. The van der Waals surface area contributed by atoms with E-state index in [4.69, 9.17) is 0 Å². The molecule has 0 radical (unpaired) electrons. The molecule has 2 aromatic carbocycles. The largest absolute Gasteiger partial charge is 0.272 e. The highest BCUT2D eigenvalue weighted by Crippen LogP contribution is 2.25. The summed E-state index contributed by atoms with van der Waals surface area (Å²) in [5, 5.41) is 0. The van der Waals surface area contributed by atoms with Crippen LogP contribution in [0.15, 0.2) is 59.5 Å². The summed E-state index contributed by atoms with van der Waals surface area (Å²) in [4.78, 5) is 24.7. The Morgan fingerprint density at radius 3 is 2.12 bits per heavy atom. The smallest absolute Gasteiger partial charge is 0.269 e. The fourth-order valence-electron chi connectivity index (χ4n) is 2.02. The molecule has 0 atom stereocenters. The molecular weight excluding hydrogens is 320 g/mol. The van der Waals surface area contributed by atoms with E-state index in [1.807, 2.05) is 18.2 Å². The molecule has 5 heteroatoms. The quantitative estimate of drug-likeness (QED) is 0.660. The van der Waals surface area contributed by atoms with Crippen LogP contribution in [0.25, 0.3) is 0 Å². The predicted molar refractivity (Wildman–Crippen MR) is 97.9 cm³/mol. The minimum absolute atomic E-state index is 0.113. The SMILES string of the molecule is CC(C)(C)c1ccc(SCC(=O)NNC(=O)c2ccccc2)cc1. The number of amides is 2. The summed E-state index contributed by atoms with van der Waals surface area (Å²) in [7, 11) is 0. The van der Waals surface area contributed by atoms with Gasteiger partial charge in [0.25, 0.3) is 5.91 Å². The van der Waals surface area contributed by atoms with Crippen LogP contribution in [-0.2, 0) is 10.2 Å². The molecule has 2 amide bonds. The lowest BCUT2D eigenvalue weighted by atomic mass is 9.87. The Kier molecular flexibility index (Phi) is 6.04. The van der Waals surface area contributed by atoms with Gasteiger partial charge in [0, 0.05) is 10.5 Å². The highest BCUT2D eigenvalue weighted by atomic mass is 32.2. The monoisotopic (exact) mass is 342 g/mol. The van der Waals surface area contributed by atoms with Gasteiger partial charge in [0.05, 0.1) is 5.75 Å². The number of hydrogen-bond acceptors (Lipinski definition) is 3. The lowest BCUT2D eigenvalue weighted by Gasteiger charge is -2.19.